The van der Waals surface area contributed by atoms with Crippen molar-refractivity contribution in [2.24, 2.45) is 0 Å². The van der Waals surface area contributed by atoms with E-state index in [2.05, 4.69) is 54.4 Å². The third-order valence-corrected chi connectivity index (χ3v) is 7.50. The quantitative estimate of drug-likeness (QED) is 0.149. The van der Waals surface area contributed by atoms with Crippen LogP contribution in [0.3, 0.4) is 0 Å². The van der Waals surface area contributed by atoms with Crippen LogP contribution in [0, 0.1) is 13.8 Å². The Kier molecular flexibility index (Phi) is 6.30. The number of carbonyl (C=O) groups excluding carboxylic acids is 1. The van der Waals surface area contributed by atoms with Gasteiger partial charge in [-0.05, 0) is 38.0 Å². The topological polar surface area (TPSA) is 65.0 Å². The molecule has 0 atom stereocenters. The number of nitrogens with zero attached hydrogens (tertiary/aromatic N) is 3. The molecule has 0 aliphatic carbocycles. The molecule has 0 N–H and O–H groups in total. The number of carbonyl (C=O) groups is 1. The summed E-state index contributed by atoms with van der Waals surface area (Å²) >= 11 is 2.91. The van der Waals surface area contributed by atoms with Crippen LogP contribution >= 0.6 is 23.1 Å². The van der Waals surface area contributed by atoms with Crippen LogP contribution in [-0.4, -0.2) is 33.3 Å². The molecule has 0 aliphatic heterocycles. The van der Waals surface area contributed by atoms with Gasteiger partial charge < -0.3 is 4.74 Å². The second-order valence-corrected chi connectivity index (χ2v) is 9.87. The van der Waals surface area contributed by atoms with Gasteiger partial charge in [-0.15, -0.1) is 11.3 Å². The molecule has 5 nitrogen and oxygen atoms in total. The first kappa shape index (κ1) is 22.5. The largest absolute Gasteiger partial charge is 0.465 e. The molecule has 0 spiro atoms. The Balaban J connectivity index is 1.72. The summed E-state index contributed by atoms with van der Waals surface area (Å²) in [5.41, 5.74) is 7.18. The van der Waals surface area contributed by atoms with Gasteiger partial charge in [-0.25, -0.2) is 15.0 Å². The minimum Gasteiger partial charge on any atom is -0.465 e. The maximum absolute atomic E-state index is 11.9. The summed E-state index contributed by atoms with van der Waals surface area (Å²) in [6, 6.07) is 20.9. The van der Waals surface area contributed by atoms with Crippen molar-refractivity contribution in [2.75, 3.05) is 12.4 Å². The highest BCUT2D eigenvalue weighted by atomic mass is 32.2. The molecule has 170 valence electrons. The maximum Gasteiger partial charge on any atom is 0.316 e. The van der Waals surface area contributed by atoms with Crippen molar-refractivity contribution in [1.29, 1.82) is 0 Å². The van der Waals surface area contributed by atoms with Gasteiger partial charge in [0.05, 0.1) is 34.0 Å². The Morgan fingerprint density at radius 3 is 2.47 bits per heavy atom. The predicted molar refractivity (Wildman–Crippen MR) is 140 cm³/mol. The third kappa shape index (κ3) is 4.41. The van der Waals surface area contributed by atoms with Crippen LogP contribution in [0.5, 0.6) is 0 Å². The molecular formula is C27H23N3O2S2. The summed E-state index contributed by atoms with van der Waals surface area (Å²) < 4.78 is 6.07. The SMILES string of the molecule is CCOC(=O)CSc1nc(C)c2sc3nc(-c4ccccc4)cc(-c4ccc(C)cc4)c3c2n1. The number of fused-ring (bicyclic) bond motifs is 3. The molecule has 0 unspecified atom stereocenters. The van der Waals surface area contributed by atoms with Gasteiger partial charge in [0.2, 0.25) is 0 Å². The van der Waals surface area contributed by atoms with Crippen LogP contribution < -0.4 is 0 Å². The van der Waals surface area contributed by atoms with Gasteiger partial charge >= 0.3 is 5.97 Å². The van der Waals surface area contributed by atoms with Crippen molar-refractivity contribution in [1.82, 2.24) is 15.0 Å². The fourth-order valence-electron chi connectivity index (χ4n) is 3.86. The van der Waals surface area contributed by atoms with Crippen LogP contribution in [-0.2, 0) is 9.53 Å². The Hall–Kier alpha value is -3.29. The Morgan fingerprint density at radius 2 is 1.74 bits per heavy atom. The number of hydrogen-bond acceptors (Lipinski definition) is 7. The molecule has 0 saturated carbocycles. The average molecular weight is 486 g/mol. The van der Waals surface area contributed by atoms with Crippen molar-refractivity contribution in [3.05, 3.63) is 71.9 Å². The first-order valence-electron chi connectivity index (χ1n) is 11.1. The molecule has 34 heavy (non-hydrogen) atoms. The minimum absolute atomic E-state index is 0.183. The smallest absolute Gasteiger partial charge is 0.316 e. The van der Waals surface area contributed by atoms with E-state index < -0.39 is 0 Å². The number of aromatic nitrogens is 3. The predicted octanol–water partition coefficient (Wildman–Crippen LogP) is 6.85. The van der Waals surface area contributed by atoms with Crippen molar-refractivity contribution in [2.45, 2.75) is 25.9 Å². The Labute approximate surface area is 206 Å². The molecular weight excluding hydrogens is 462 g/mol. The van der Waals surface area contributed by atoms with Crippen LogP contribution in [0.4, 0.5) is 0 Å². The van der Waals surface area contributed by atoms with Gasteiger partial charge in [-0.1, -0.05) is 71.9 Å². The van der Waals surface area contributed by atoms with Gasteiger partial charge in [0, 0.05) is 10.9 Å². The molecule has 2 aromatic carbocycles. The lowest BCUT2D eigenvalue weighted by atomic mass is 9.99. The Morgan fingerprint density at radius 1 is 0.971 bits per heavy atom. The van der Waals surface area contributed by atoms with Crippen molar-refractivity contribution in [3.63, 3.8) is 0 Å². The summed E-state index contributed by atoms with van der Waals surface area (Å²) in [6.07, 6.45) is 0. The molecule has 3 heterocycles. The summed E-state index contributed by atoms with van der Waals surface area (Å²) in [5.74, 6) is -0.0826. The first-order chi connectivity index (χ1) is 16.5. The zero-order chi connectivity index (χ0) is 23.7. The molecule has 0 amide bonds. The summed E-state index contributed by atoms with van der Waals surface area (Å²) in [7, 11) is 0. The molecule has 7 heteroatoms. The minimum atomic E-state index is -0.265. The zero-order valence-electron chi connectivity index (χ0n) is 19.2. The summed E-state index contributed by atoms with van der Waals surface area (Å²) in [4.78, 5) is 27.3. The highest BCUT2D eigenvalue weighted by Crippen LogP contribution is 2.41. The van der Waals surface area contributed by atoms with Crippen molar-refractivity contribution in [3.8, 4) is 22.4 Å². The lowest BCUT2D eigenvalue weighted by Gasteiger charge is -2.09. The van der Waals surface area contributed by atoms with Crippen LogP contribution in [0.1, 0.15) is 18.2 Å². The lowest BCUT2D eigenvalue weighted by Crippen LogP contribution is -2.07. The van der Waals surface area contributed by atoms with E-state index in [1.165, 1.54) is 17.3 Å². The van der Waals surface area contributed by atoms with Crippen molar-refractivity contribution < 1.29 is 9.53 Å². The summed E-state index contributed by atoms with van der Waals surface area (Å²) in [6.45, 7) is 6.24. The fourth-order valence-corrected chi connectivity index (χ4v) is 5.63. The average Bonchev–Trinajstić information content (AvgIpc) is 3.23. The number of ether oxygens (including phenoxy) is 1. The summed E-state index contributed by atoms with van der Waals surface area (Å²) in [5, 5.41) is 1.59. The van der Waals surface area contributed by atoms with Gasteiger partial charge in [-0.2, -0.15) is 0 Å². The lowest BCUT2D eigenvalue weighted by molar-refractivity contribution is -0.139. The van der Waals surface area contributed by atoms with E-state index in [-0.39, 0.29) is 11.7 Å². The number of thioether (sulfide) groups is 1. The van der Waals surface area contributed by atoms with Crippen LogP contribution in [0.25, 0.3) is 42.8 Å². The van der Waals surface area contributed by atoms with E-state index in [0.717, 1.165) is 48.5 Å². The number of pyridine rings is 1. The highest BCUT2D eigenvalue weighted by molar-refractivity contribution is 7.99. The number of hydrogen-bond donors (Lipinski definition) is 0. The standard InChI is InChI=1S/C27H23N3O2S2/c1-4-32-22(31)15-33-27-28-17(3)25-24(30-27)23-20(18-12-10-16(2)11-13-18)14-21(29-26(23)34-25)19-8-6-5-7-9-19/h5-14H,4,15H2,1-3H3. The van der Waals surface area contributed by atoms with Crippen LogP contribution in [0.15, 0.2) is 65.8 Å². The van der Waals surface area contributed by atoms with Crippen molar-refractivity contribution >= 4 is 49.5 Å². The van der Waals surface area contributed by atoms with Gasteiger partial charge in [-0.3, -0.25) is 4.79 Å². The maximum atomic E-state index is 11.9. The fraction of sp³-hybridized carbons (Fsp3) is 0.185. The van der Waals surface area contributed by atoms with Gasteiger partial charge in [0.15, 0.2) is 5.16 Å². The number of esters is 1. The Bertz CT molecular complexity index is 1500. The zero-order valence-corrected chi connectivity index (χ0v) is 20.8. The van der Waals surface area contributed by atoms with Gasteiger partial charge in [0.25, 0.3) is 0 Å². The molecule has 0 bridgehead atoms. The van der Waals surface area contributed by atoms with E-state index in [4.69, 9.17) is 14.7 Å². The molecule has 3 aromatic heterocycles. The van der Waals surface area contributed by atoms with E-state index in [9.17, 15) is 4.79 Å². The van der Waals surface area contributed by atoms with E-state index in [0.29, 0.717) is 11.8 Å². The number of aryl methyl sites for hydroxylation is 2. The van der Waals surface area contributed by atoms with Crippen LogP contribution in [0.2, 0.25) is 0 Å². The van der Waals surface area contributed by atoms with E-state index in [1.807, 2.05) is 25.1 Å². The molecule has 0 radical (unpaired) electrons. The molecule has 5 aromatic rings. The van der Waals surface area contributed by atoms with E-state index >= 15 is 0 Å². The second-order valence-electron chi connectivity index (χ2n) is 7.93. The highest BCUT2D eigenvalue weighted by Gasteiger charge is 2.19. The molecule has 0 fully saturated rings. The third-order valence-electron chi connectivity index (χ3n) is 5.49. The number of thiophene rings is 1. The second kappa shape index (κ2) is 9.52. The van der Waals surface area contributed by atoms with E-state index in [1.54, 1.807) is 18.3 Å². The monoisotopic (exact) mass is 485 g/mol. The number of rotatable bonds is 6. The molecule has 0 aliphatic rings. The first-order valence-corrected chi connectivity index (χ1v) is 12.9. The number of benzene rings is 2. The molecule has 5 rings (SSSR count). The van der Waals surface area contributed by atoms with Gasteiger partial charge in [0.1, 0.15) is 4.83 Å². The normalized spacial score (nSPS) is 11.3. The molecule has 0 saturated heterocycles.